The monoisotopic (exact) mass is 532 g/mol. The highest BCUT2D eigenvalue weighted by atomic mass is 19.3. The number of methoxy groups -OCH3 is 1. The van der Waals surface area contributed by atoms with Crippen molar-refractivity contribution >= 4 is 0 Å². The molecule has 0 aromatic heterocycles. The van der Waals surface area contributed by atoms with Gasteiger partial charge in [0.2, 0.25) is 0 Å². The zero-order chi connectivity index (χ0) is 26.4. The molecule has 0 saturated carbocycles. The summed E-state index contributed by atoms with van der Waals surface area (Å²) >= 11 is 0. The van der Waals surface area contributed by atoms with Gasteiger partial charge in [0.1, 0.15) is 39.0 Å². The van der Waals surface area contributed by atoms with Crippen molar-refractivity contribution in [2.45, 2.75) is 24.4 Å². The Hall–Kier alpha value is -0.760. The highest BCUT2D eigenvalue weighted by Gasteiger charge is 2.44. The van der Waals surface area contributed by atoms with E-state index >= 15 is 0 Å². The van der Waals surface area contributed by atoms with Gasteiger partial charge in [0, 0.05) is 7.11 Å². The van der Waals surface area contributed by atoms with Gasteiger partial charge in [-0.05, 0) is 0 Å². The van der Waals surface area contributed by atoms with Crippen LogP contribution in [-0.4, -0.2) is 140 Å². The van der Waals surface area contributed by atoms with Gasteiger partial charge in [-0.25, -0.2) is 0 Å². The maximum atomic E-state index is 13.6. The molecular weight excluding hydrogens is 496 g/mol. The van der Waals surface area contributed by atoms with Gasteiger partial charge in [0.15, 0.2) is 0 Å². The molecule has 0 spiro atoms. The van der Waals surface area contributed by atoms with Gasteiger partial charge < -0.3 is 53.2 Å². The second-order valence-electron chi connectivity index (χ2n) is 6.84. The Morgan fingerprint density at radius 3 is 1.66 bits per heavy atom. The van der Waals surface area contributed by atoms with Crippen LogP contribution in [0.3, 0.4) is 0 Å². The highest BCUT2D eigenvalue weighted by Crippen LogP contribution is 2.27. The van der Waals surface area contributed by atoms with Crippen molar-refractivity contribution in [3.63, 3.8) is 0 Å². The Kier molecular flexibility index (Phi) is 20.9. The summed E-state index contributed by atoms with van der Waals surface area (Å²) in [5.41, 5.74) is 0. The fourth-order valence-corrected chi connectivity index (χ4v) is 2.03. The Balaban J connectivity index is 3.80. The summed E-state index contributed by atoms with van der Waals surface area (Å²) < 4.78 is 96.0. The number of ether oxygens (including phenoxy) is 9. The number of rotatable bonds is 26. The van der Waals surface area contributed by atoms with Gasteiger partial charge in [-0.3, -0.25) is 4.74 Å². The molecule has 0 rings (SSSR count). The van der Waals surface area contributed by atoms with E-state index in [-0.39, 0.29) is 59.6 Å². The van der Waals surface area contributed by atoms with Crippen LogP contribution in [0.15, 0.2) is 0 Å². The molecule has 2 atom stereocenters. The standard InChI is InChI=1S/C19H36F4O12/c1-27-4-5-30-14-33-11-17(26)10-32-12-18(20,21)35-19(22,23)13-34-15-31-7-6-29-9-16(25)8-28-3-2-24/h16-17,24-26H,2-15H2,1H3. The SMILES string of the molecule is COCCOCOCC(O)COCC(F)(F)OC(F)(F)COCOCCOCC(O)COCCO. The molecule has 0 aromatic carbocycles. The average molecular weight is 532 g/mol. The molecule has 2 unspecified atom stereocenters. The van der Waals surface area contributed by atoms with Gasteiger partial charge in [0.25, 0.3) is 0 Å². The lowest BCUT2D eigenvalue weighted by Gasteiger charge is -2.24. The molecule has 16 heteroatoms. The van der Waals surface area contributed by atoms with Crippen LogP contribution >= 0.6 is 0 Å². The summed E-state index contributed by atoms with van der Waals surface area (Å²) in [5, 5.41) is 27.5. The summed E-state index contributed by atoms with van der Waals surface area (Å²) in [6, 6.07) is 0. The van der Waals surface area contributed by atoms with Crippen LogP contribution in [0, 0.1) is 0 Å². The molecule has 0 saturated heterocycles. The van der Waals surface area contributed by atoms with Crippen LogP contribution in [0.5, 0.6) is 0 Å². The van der Waals surface area contributed by atoms with Crippen LogP contribution in [0.1, 0.15) is 0 Å². The second kappa shape index (κ2) is 21.3. The minimum Gasteiger partial charge on any atom is -0.394 e. The van der Waals surface area contributed by atoms with Crippen molar-refractivity contribution in [3.8, 4) is 0 Å². The fraction of sp³-hybridized carbons (Fsp3) is 1.00. The lowest BCUT2D eigenvalue weighted by Crippen LogP contribution is -2.40. The maximum Gasteiger partial charge on any atom is 0.383 e. The molecule has 0 bridgehead atoms. The second-order valence-corrected chi connectivity index (χ2v) is 6.84. The summed E-state index contributed by atoms with van der Waals surface area (Å²) in [4.78, 5) is 0. The zero-order valence-corrected chi connectivity index (χ0v) is 19.6. The number of alkyl halides is 4. The molecule has 0 aromatic rings. The van der Waals surface area contributed by atoms with Gasteiger partial charge in [-0.1, -0.05) is 0 Å². The minimum absolute atomic E-state index is 0.000452. The summed E-state index contributed by atoms with van der Waals surface area (Å²) in [5.74, 6) is 0. The smallest absolute Gasteiger partial charge is 0.383 e. The van der Waals surface area contributed by atoms with Crippen molar-refractivity contribution in [1.82, 2.24) is 0 Å². The molecule has 35 heavy (non-hydrogen) atoms. The lowest BCUT2D eigenvalue weighted by atomic mass is 10.4. The van der Waals surface area contributed by atoms with E-state index in [1.54, 1.807) is 0 Å². The topological polar surface area (TPSA) is 144 Å². The summed E-state index contributed by atoms with van der Waals surface area (Å²) in [7, 11) is 1.48. The quantitative estimate of drug-likeness (QED) is 0.0756. The van der Waals surface area contributed by atoms with Crippen LogP contribution in [0.2, 0.25) is 0 Å². The first kappa shape index (κ1) is 34.2. The van der Waals surface area contributed by atoms with E-state index in [0.717, 1.165) is 0 Å². The molecule has 0 heterocycles. The van der Waals surface area contributed by atoms with Crippen molar-refractivity contribution in [3.05, 3.63) is 0 Å². The number of hydrogen-bond donors (Lipinski definition) is 3. The number of aliphatic hydroxyl groups excluding tert-OH is 3. The first-order chi connectivity index (χ1) is 16.6. The summed E-state index contributed by atoms with van der Waals surface area (Å²) in [6.07, 6.45) is -10.9. The molecule has 12 nitrogen and oxygen atoms in total. The fourth-order valence-electron chi connectivity index (χ4n) is 2.03. The molecule has 0 aliphatic rings. The van der Waals surface area contributed by atoms with Crippen LogP contribution in [0.25, 0.3) is 0 Å². The van der Waals surface area contributed by atoms with E-state index in [2.05, 4.69) is 14.2 Å². The predicted molar refractivity (Wildman–Crippen MR) is 108 cm³/mol. The van der Waals surface area contributed by atoms with E-state index in [1.165, 1.54) is 7.11 Å². The first-order valence-corrected chi connectivity index (χ1v) is 10.6. The molecule has 212 valence electrons. The van der Waals surface area contributed by atoms with E-state index < -0.39 is 51.0 Å². The van der Waals surface area contributed by atoms with Gasteiger partial charge in [-0.2, -0.15) is 17.6 Å². The van der Waals surface area contributed by atoms with Crippen molar-refractivity contribution in [2.24, 2.45) is 0 Å². The van der Waals surface area contributed by atoms with Gasteiger partial charge in [0.05, 0.1) is 66.1 Å². The number of hydrogen-bond acceptors (Lipinski definition) is 12. The third-order valence-corrected chi connectivity index (χ3v) is 3.45. The minimum atomic E-state index is -4.35. The van der Waals surface area contributed by atoms with E-state index in [9.17, 15) is 27.8 Å². The Morgan fingerprint density at radius 2 is 1.06 bits per heavy atom. The Morgan fingerprint density at radius 1 is 0.600 bits per heavy atom. The molecule has 0 radical (unpaired) electrons. The Labute approximate surface area is 200 Å². The van der Waals surface area contributed by atoms with Crippen LogP contribution in [0.4, 0.5) is 17.6 Å². The highest BCUT2D eigenvalue weighted by molar-refractivity contribution is 4.60. The van der Waals surface area contributed by atoms with Crippen molar-refractivity contribution in [2.75, 3.05) is 100.0 Å². The van der Waals surface area contributed by atoms with E-state index in [4.69, 9.17) is 33.5 Å². The van der Waals surface area contributed by atoms with Gasteiger partial charge >= 0.3 is 12.2 Å². The first-order valence-electron chi connectivity index (χ1n) is 10.6. The maximum absolute atomic E-state index is 13.6. The predicted octanol–water partition coefficient (Wildman–Crippen LogP) is -0.420. The van der Waals surface area contributed by atoms with E-state index in [0.29, 0.717) is 6.61 Å². The van der Waals surface area contributed by atoms with Crippen LogP contribution in [-0.2, 0) is 42.6 Å². The number of aliphatic hydroxyl groups is 3. The van der Waals surface area contributed by atoms with E-state index in [1.807, 2.05) is 0 Å². The van der Waals surface area contributed by atoms with Crippen LogP contribution < -0.4 is 0 Å². The third-order valence-electron chi connectivity index (χ3n) is 3.45. The Bertz CT molecular complexity index is 479. The van der Waals surface area contributed by atoms with Crippen molar-refractivity contribution < 1.29 is 75.5 Å². The molecular formula is C19H36F4O12. The molecule has 3 N–H and O–H groups in total. The average Bonchev–Trinajstić information content (AvgIpc) is 2.77. The summed E-state index contributed by atoms with van der Waals surface area (Å²) in [6.45, 7) is -4.42. The number of halogens is 4. The zero-order valence-electron chi connectivity index (χ0n) is 19.6. The largest absolute Gasteiger partial charge is 0.394 e. The molecule has 0 aliphatic heterocycles. The lowest BCUT2D eigenvalue weighted by molar-refractivity contribution is -0.396. The third kappa shape index (κ3) is 23.4. The molecule has 0 amide bonds. The molecule has 0 fully saturated rings. The molecule has 0 aliphatic carbocycles. The van der Waals surface area contributed by atoms with Crippen molar-refractivity contribution in [1.29, 1.82) is 0 Å². The normalized spacial score (nSPS) is 14.4. The van der Waals surface area contributed by atoms with Gasteiger partial charge in [-0.15, -0.1) is 0 Å².